The maximum Gasteiger partial charge on any atom is 0.338 e. The van der Waals surface area contributed by atoms with Crippen molar-refractivity contribution in [2.24, 2.45) is 5.92 Å². The van der Waals surface area contributed by atoms with E-state index in [4.69, 9.17) is 37.4 Å². The summed E-state index contributed by atoms with van der Waals surface area (Å²) in [6, 6.07) is 4.69. The molecule has 0 atom stereocenters. The molecule has 2 rings (SSSR count). The van der Waals surface area contributed by atoms with Crippen LogP contribution in [0.25, 0.3) is 0 Å². The minimum atomic E-state index is -0.677. The van der Waals surface area contributed by atoms with Gasteiger partial charge >= 0.3 is 5.97 Å². The molecular formula is C21H24Cl2N2O5. The molecule has 0 saturated heterocycles. The average Bonchev–Trinajstić information content (AvgIpc) is 2.72. The Hall–Kier alpha value is -2.51. The van der Waals surface area contributed by atoms with Crippen molar-refractivity contribution in [3.8, 4) is 11.5 Å². The number of anilines is 1. The van der Waals surface area contributed by atoms with Crippen molar-refractivity contribution in [1.82, 2.24) is 4.98 Å². The minimum Gasteiger partial charge on any atom is -0.493 e. The Balaban J connectivity index is 1.95. The third kappa shape index (κ3) is 6.50. The highest BCUT2D eigenvalue weighted by Gasteiger charge is 2.16. The second-order valence-corrected chi connectivity index (χ2v) is 7.70. The molecule has 7 nitrogen and oxygen atoms in total. The number of benzene rings is 1. The van der Waals surface area contributed by atoms with Gasteiger partial charge in [0.2, 0.25) is 0 Å². The van der Waals surface area contributed by atoms with Gasteiger partial charge in [0.05, 0.1) is 29.3 Å². The van der Waals surface area contributed by atoms with Gasteiger partial charge in [-0.25, -0.2) is 9.78 Å². The van der Waals surface area contributed by atoms with Crippen LogP contribution in [0.15, 0.2) is 24.4 Å². The number of aromatic nitrogens is 1. The van der Waals surface area contributed by atoms with Crippen LogP contribution in [-0.4, -0.2) is 37.2 Å². The summed E-state index contributed by atoms with van der Waals surface area (Å²) in [4.78, 5) is 28.3. The zero-order valence-corrected chi connectivity index (χ0v) is 18.8. The Bertz CT molecular complexity index is 919. The van der Waals surface area contributed by atoms with E-state index >= 15 is 0 Å². The van der Waals surface area contributed by atoms with Gasteiger partial charge in [-0.15, -0.1) is 0 Å². The number of carbonyl (C=O) groups is 2. The molecule has 1 aromatic carbocycles. The van der Waals surface area contributed by atoms with E-state index in [1.807, 2.05) is 0 Å². The van der Waals surface area contributed by atoms with Crippen molar-refractivity contribution < 1.29 is 23.8 Å². The Kier molecular flexibility index (Phi) is 8.74. The number of halogens is 2. The van der Waals surface area contributed by atoms with Gasteiger partial charge in [0, 0.05) is 6.20 Å². The number of nitrogens with one attached hydrogen (secondary N) is 1. The van der Waals surface area contributed by atoms with Crippen molar-refractivity contribution in [2.75, 3.05) is 25.6 Å². The van der Waals surface area contributed by atoms with E-state index in [1.165, 1.54) is 19.4 Å². The lowest BCUT2D eigenvalue weighted by Gasteiger charge is -2.13. The molecule has 0 fully saturated rings. The fraction of sp³-hybridized carbons (Fsp3) is 0.381. The van der Waals surface area contributed by atoms with Gasteiger partial charge in [-0.05, 0) is 43.0 Å². The van der Waals surface area contributed by atoms with Crippen LogP contribution in [0, 0.1) is 12.8 Å². The SMILES string of the molecule is COc1cc(C(=O)OCC(=O)Nc2ncc(Cl)c(C)c2Cl)ccc1OCCC(C)C. The molecule has 9 heteroatoms. The molecule has 0 aliphatic rings. The number of hydrogen-bond acceptors (Lipinski definition) is 6. The maximum absolute atomic E-state index is 12.3. The van der Waals surface area contributed by atoms with Crippen LogP contribution in [0.4, 0.5) is 5.82 Å². The number of rotatable bonds is 9. The average molecular weight is 455 g/mol. The Morgan fingerprint density at radius 3 is 2.60 bits per heavy atom. The fourth-order valence-corrected chi connectivity index (χ4v) is 2.73. The largest absolute Gasteiger partial charge is 0.493 e. The van der Waals surface area contributed by atoms with Gasteiger partial charge in [-0.1, -0.05) is 37.0 Å². The molecule has 2 aromatic rings. The molecular weight excluding hydrogens is 431 g/mol. The Labute approximate surface area is 185 Å². The topological polar surface area (TPSA) is 86.8 Å². The third-order valence-corrected chi connectivity index (χ3v) is 4.99. The standard InChI is InChI=1S/C21H24Cl2N2O5/c1-12(2)7-8-29-16-6-5-14(9-17(16)28-4)21(27)30-11-18(26)25-20-19(23)13(3)15(22)10-24-20/h5-6,9-10,12H,7-8,11H2,1-4H3,(H,24,25,26). The van der Waals surface area contributed by atoms with Crippen molar-refractivity contribution in [1.29, 1.82) is 0 Å². The highest BCUT2D eigenvalue weighted by atomic mass is 35.5. The second kappa shape index (κ2) is 11.0. The van der Waals surface area contributed by atoms with Crippen molar-refractivity contribution in [3.63, 3.8) is 0 Å². The number of pyridine rings is 1. The van der Waals surface area contributed by atoms with Crippen LogP contribution < -0.4 is 14.8 Å². The molecule has 1 aromatic heterocycles. The van der Waals surface area contributed by atoms with E-state index in [0.717, 1.165) is 6.42 Å². The molecule has 0 bridgehead atoms. The van der Waals surface area contributed by atoms with E-state index < -0.39 is 18.5 Å². The Morgan fingerprint density at radius 2 is 1.93 bits per heavy atom. The summed E-state index contributed by atoms with van der Waals surface area (Å²) in [5.74, 6) is 0.336. The first kappa shape index (κ1) is 23.8. The summed E-state index contributed by atoms with van der Waals surface area (Å²) in [6.07, 6.45) is 2.27. The summed E-state index contributed by atoms with van der Waals surface area (Å²) < 4.78 is 16.0. The highest BCUT2D eigenvalue weighted by molar-refractivity contribution is 6.37. The number of methoxy groups -OCH3 is 1. The molecule has 1 amide bonds. The lowest BCUT2D eigenvalue weighted by atomic mass is 10.1. The fourth-order valence-electron chi connectivity index (χ4n) is 2.35. The van der Waals surface area contributed by atoms with Crippen LogP contribution in [0.3, 0.4) is 0 Å². The van der Waals surface area contributed by atoms with Crippen LogP contribution in [0.5, 0.6) is 11.5 Å². The molecule has 0 radical (unpaired) electrons. The lowest BCUT2D eigenvalue weighted by Crippen LogP contribution is -2.21. The number of esters is 1. The van der Waals surface area contributed by atoms with Gasteiger partial charge in [-0.3, -0.25) is 4.79 Å². The van der Waals surface area contributed by atoms with Gasteiger partial charge in [0.1, 0.15) is 0 Å². The van der Waals surface area contributed by atoms with Gasteiger partial charge in [0.25, 0.3) is 5.91 Å². The van der Waals surface area contributed by atoms with Gasteiger partial charge in [0.15, 0.2) is 23.9 Å². The van der Waals surface area contributed by atoms with Crippen molar-refractivity contribution >= 4 is 40.9 Å². The second-order valence-electron chi connectivity index (χ2n) is 6.91. The summed E-state index contributed by atoms with van der Waals surface area (Å²) in [5.41, 5.74) is 0.817. The molecule has 0 unspecified atom stereocenters. The summed E-state index contributed by atoms with van der Waals surface area (Å²) in [6.45, 7) is 5.94. The Morgan fingerprint density at radius 1 is 1.20 bits per heavy atom. The molecule has 1 heterocycles. The predicted octanol–water partition coefficient (Wildman–Crippen LogP) is 4.93. The molecule has 162 valence electrons. The van der Waals surface area contributed by atoms with Gasteiger partial charge < -0.3 is 19.5 Å². The van der Waals surface area contributed by atoms with Crippen LogP contribution >= 0.6 is 23.2 Å². The third-order valence-electron chi connectivity index (χ3n) is 4.15. The maximum atomic E-state index is 12.3. The zero-order chi connectivity index (χ0) is 22.3. The van der Waals surface area contributed by atoms with Crippen LogP contribution in [-0.2, 0) is 9.53 Å². The van der Waals surface area contributed by atoms with Gasteiger partial charge in [-0.2, -0.15) is 0 Å². The zero-order valence-electron chi connectivity index (χ0n) is 17.3. The first-order chi connectivity index (χ1) is 14.2. The van der Waals surface area contributed by atoms with Crippen LogP contribution in [0.2, 0.25) is 10.0 Å². The lowest BCUT2D eigenvalue weighted by molar-refractivity contribution is -0.119. The molecule has 30 heavy (non-hydrogen) atoms. The van der Waals surface area contributed by atoms with E-state index in [1.54, 1.807) is 19.1 Å². The molecule has 0 saturated carbocycles. The minimum absolute atomic E-state index is 0.143. The summed E-state index contributed by atoms with van der Waals surface area (Å²) >= 11 is 12.0. The number of hydrogen-bond donors (Lipinski definition) is 1. The van der Waals surface area contributed by atoms with E-state index in [9.17, 15) is 9.59 Å². The quantitative estimate of drug-likeness (QED) is 0.540. The van der Waals surface area contributed by atoms with Crippen LogP contribution in [0.1, 0.15) is 36.2 Å². The molecule has 1 N–H and O–H groups in total. The first-order valence-corrected chi connectivity index (χ1v) is 10.1. The summed E-state index contributed by atoms with van der Waals surface area (Å²) in [5, 5.41) is 3.09. The molecule has 0 aliphatic carbocycles. The normalized spacial score (nSPS) is 10.6. The first-order valence-electron chi connectivity index (χ1n) is 9.31. The monoisotopic (exact) mass is 454 g/mol. The number of amides is 1. The van der Waals surface area contributed by atoms with Crippen molar-refractivity contribution in [3.05, 3.63) is 45.6 Å². The van der Waals surface area contributed by atoms with E-state index in [2.05, 4.69) is 24.1 Å². The summed E-state index contributed by atoms with van der Waals surface area (Å²) in [7, 11) is 1.48. The number of carbonyl (C=O) groups excluding carboxylic acids is 2. The number of nitrogens with zero attached hydrogens (tertiary/aromatic N) is 1. The molecule has 0 aliphatic heterocycles. The van der Waals surface area contributed by atoms with Crippen molar-refractivity contribution in [2.45, 2.75) is 27.2 Å². The number of ether oxygens (including phenoxy) is 3. The van der Waals surface area contributed by atoms with E-state index in [-0.39, 0.29) is 16.4 Å². The molecule has 0 spiro atoms. The highest BCUT2D eigenvalue weighted by Crippen LogP contribution is 2.29. The smallest absolute Gasteiger partial charge is 0.338 e. The van der Waals surface area contributed by atoms with E-state index in [0.29, 0.717) is 34.6 Å². The predicted molar refractivity (Wildman–Crippen MR) is 116 cm³/mol.